The minimum absolute atomic E-state index is 0.177. The first-order valence-corrected chi connectivity index (χ1v) is 7.38. The van der Waals surface area contributed by atoms with Crippen LogP contribution in [0.3, 0.4) is 0 Å². The van der Waals surface area contributed by atoms with Gasteiger partial charge in [0.15, 0.2) is 0 Å². The zero-order valence-corrected chi connectivity index (χ0v) is 11.8. The first-order valence-electron chi connectivity index (χ1n) is 7.38. The van der Waals surface area contributed by atoms with E-state index in [0.717, 1.165) is 37.2 Å². The maximum absolute atomic E-state index is 13.5. The number of rotatable bonds is 3. The highest BCUT2D eigenvalue weighted by molar-refractivity contribution is 5.37. The molecule has 3 atom stereocenters. The Kier molecular flexibility index (Phi) is 4.19. The molecule has 0 bridgehead atoms. The zero-order valence-electron chi connectivity index (χ0n) is 11.8. The van der Waals surface area contributed by atoms with Crippen LogP contribution in [0.4, 0.5) is 4.39 Å². The van der Waals surface area contributed by atoms with E-state index >= 15 is 0 Å². The van der Waals surface area contributed by atoms with Crippen molar-refractivity contribution >= 4 is 0 Å². The van der Waals surface area contributed by atoms with Gasteiger partial charge in [0, 0.05) is 36.7 Å². The van der Waals surface area contributed by atoms with Crippen LogP contribution in [-0.2, 0) is 0 Å². The second-order valence-electron chi connectivity index (χ2n) is 5.71. The van der Waals surface area contributed by atoms with E-state index < -0.39 is 0 Å². The van der Waals surface area contributed by atoms with Gasteiger partial charge in [0.05, 0.1) is 6.61 Å². The topological polar surface area (TPSA) is 45.3 Å². The molecule has 110 valence electrons. The van der Waals surface area contributed by atoms with Crippen molar-refractivity contribution in [3.63, 3.8) is 0 Å². The Morgan fingerprint density at radius 1 is 1.45 bits per heavy atom. The number of halogens is 1. The highest BCUT2D eigenvalue weighted by Crippen LogP contribution is 2.32. The summed E-state index contributed by atoms with van der Waals surface area (Å²) in [6.45, 7) is 4.77. The van der Waals surface area contributed by atoms with Gasteiger partial charge in [0.25, 0.3) is 0 Å². The van der Waals surface area contributed by atoms with Crippen molar-refractivity contribution in [3.05, 3.63) is 29.6 Å². The molecule has 2 aliphatic rings. The fraction of sp³-hybridized carbons (Fsp3) is 0.600. The van der Waals surface area contributed by atoms with Crippen molar-refractivity contribution in [1.82, 2.24) is 16.2 Å². The molecule has 2 aliphatic heterocycles. The van der Waals surface area contributed by atoms with Gasteiger partial charge >= 0.3 is 0 Å². The number of nitrogens with one attached hydrogen (secondary N) is 3. The van der Waals surface area contributed by atoms with E-state index in [0.29, 0.717) is 18.6 Å². The Morgan fingerprint density at radius 2 is 2.35 bits per heavy atom. The van der Waals surface area contributed by atoms with Gasteiger partial charge in [-0.15, -0.1) is 0 Å². The highest BCUT2D eigenvalue weighted by atomic mass is 19.1. The van der Waals surface area contributed by atoms with Crippen molar-refractivity contribution in [2.75, 3.05) is 19.7 Å². The molecule has 0 saturated carbocycles. The van der Waals surface area contributed by atoms with Gasteiger partial charge in [0.1, 0.15) is 11.6 Å². The third-order valence-electron chi connectivity index (χ3n) is 4.27. The van der Waals surface area contributed by atoms with Crippen LogP contribution < -0.4 is 20.9 Å². The smallest absolute Gasteiger partial charge is 0.124 e. The molecular formula is C15H22FN3O. The minimum atomic E-state index is -0.196. The molecule has 2 heterocycles. The number of hydrogen-bond acceptors (Lipinski definition) is 4. The predicted molar refractivity (Wildman–Crippen MR) is 76.0 cm³/mol. The maximum atomic E-state index is 13.5. The van der Waals surface area contributed by atoms with Gasteiger partial charge in [-0.3, -0.25) is 10.9 Å². The van der Waals surface area contributed by atoms with E-state index in [2.05, 4.69) is 23.1 Å². The lowest BCUT2D eigenvalue weighted by molar-refractivity contribution is 0.314. The average Bonchev–Trinajstić information content (AvgIpc) is 2.74. The van der Waals surface area contributed by atoms with Gasteiger partial charge in [-0.1, -0.05) is 0 Å². The number of ether oxygens (including phenoxy) is 1. The molecule has 3 rings (SSSR count). The molecule has 20 heavy (non-hydrogen) atoms. The summed E-state index contributed by atoms with van der Waals surface area (Å²) in [5.74, 6) is 1.17. The maximum Gasteiger partial charge on any atom is 0.124 e. The summed E-state index contributed by atoms with van der Waals surface area (Å²) in [7, 11) is 0. The molecule has 0 amide bonds. The SMILES string of the molecule is CC1NNCC1CNC1CCCOc2ccc(F)cc21. The number of fused-ring (bicyclic) bond motifs is 1. The van der Waals surface area contributed by atoms with Gasteiger partial charge < -0.3 is 10.1 Å². The van der Waals surface area contributed by atoms with Crippen LogP contribution in [0, 0.1) is 11.7 Å². The van der Waals surface area contributed by atoms with Gasteiger partial charge in [0.2, 0.25) is 0 Å². The molecule has 1 aromatic rings. The summed E-state index contributed by atoms with van der Waals surface area (Å²) in [6, 6.07) is 5.44. The summed E-state index contributed by atoms with van der Waals surface area (Å²) >= 11 is 0. The number of hydrazine groups is 1. The Balaban J connectivity index is 1.71. The van der Waals surface area contributed by atoms with E-state index in [4.69, 9.17) is 4.74 Å². The normalized spacial score (nSPS) is 29.6. The van der Waals surface area contributed by atoms with E-state index in [-0.39, 0.29) is 11.9 Å². The van der Waals surface area contributed by atoms with Crippen molar-refractivity contribution in [2.24, 2.45) is 5.92 Å². The molecule has 1 saturated heterocycles. The second kappa shape index (κ2) is 6.08. The van der Waals surface area contributed by atoms with Crippen LogP contribution in [0.5, 0.6) is 5.75 Å². The number of benzene rings is 1. The first kappa shape index (κ1) is 13.8. The van der Waals surface area contributed by atoms with Crippen molar-refractivity contribution in [3.8, 4) is 5.75 Å². The van der Waals surface area contributed by atoms with Crippen LogP contribution in [-0.4, -0.2) is 25.7 Å². The summed E-state index contributed by atoms with van der Waals surface area (Å²) in [5, 5.41) is 3.59. The Bertz CT molecular complexity index is 468. The van der Waals surface area contributed by atoms with Crippen LogP contribution >= 0.6 is 0 Å². The van der Waals surface area contributed by atoms with E-state index in [1.807, 2.05) is 0 Å². The molecule has 5 heteroatoms. The third-order valence-corrected chi connectivity index (χ3v) is 4.27. The molecule has 0 spiro atoms. The molecule has 0 aromatic heterocycles. The van der Waals surface area contributed by atoms with Crippen LogP contribution in [0.1, 0.15) is 31.4 Å². The summed E-state index contributed by atoms with van der Waals surface area (Å²) < 4.78 is 19.2. The fourth-order valence-electron chi connectivity index (χ4n) is 2.95. The highest BCUT2D eigenvalue weighted by Gasteiger charge is 2.25. The number of hydrogen-bond donors (Lipinski definition) is 3. The molecule has 1 aromatic carbocycles. The van der Waals surface area contributed by atoms with Gasteiger partial charge in [-0.25, -0.2) is 4.39 Å². The van der Waals surface area contributed by atoms with Crippen LogP contribution in [0.15, 0.2) is 18.2 Å². The van der Waals surface area contributed by atoms with Gasteiger partial charge in [-0.05, 0) is 38.0 Å². The molecule has 4 nitrogen and oxygen atoms in total. The Hall–Kier alpha value is -1.17. The minimum Gasteiger partial charge on any atom is -0.493 e. The largest absolute Gasteiger partial charge is 0.493 e. The van der Waals surface area contributed by atoms with E-state index in [9.17, 15) is 4.39 Å². The average molecular weight is 279 g/mol. The lowest BCUT2D eigenvalue weighted by atomic mass is 9.99. The summed E-state index contributed by atoms with van der Waals surface area (Å²) in [6.07, 6.45) is 1.98. The lowest BCUT2D eigenvalue weighted by Crippen LogP contribution is -2.34. The van der Waals surface area contributed by atoms with Crippen molar-refractivity contribution in [2.45, 2.75) is 31.8 Å². The monoisotopic (exact) mass is 279 g/mol. The van der Waals surface area contributed by atoms with Crippen molar-refractivity contribution < 1.29 is 9.13 Å². The van der Waals surface area contributed by atoms with Crippen molar-refractivity contribution in [1.29, 1.82) is 0 Å². The fourth-order valence-corrected chi connectivity index (χ4v) is 2.95. The summed E-state index contributed by atoms with van der Waals surface area (Å²) in [4.78, 5) is 0. The van der Waals surface area contributed by atoms with E-state index in [1.165, 1.54) is 6.07 Å². The Labute approximate surface area is 119 Å². The summed E-state index contributed by atoms with van der Waals surface area (Å²) in [5.41, 5.74) is 7.35. The molecule has 1 fully saturated rings. The molecular weight excluding hydrogens is 257 g/mol. The third kappa shape index (κ3) is 2.95. The Morgan fingerprint density at radius 3 is 3.15 bits per heavy atom. The molecule has 3 unspecified atom stereocenters. The molecule has 3 N–H and O–H groups in total. The van der Waals surface area contributed by atoms with Gasteiger partial charge in [-0.2, -0.15) is 0 Å². The molecule has 0 radical (unpaired) electrons. The van der Waals surface area contributed by atoms with Crippen LogP contribution in [0.25, 0.3) is 0 Å². The molecule has 0 aliphatic carbocycles. The van der Waals surface area contributed by atoms with E-state index in [1.54, 1.807) is 12.1 Å². The van der Waals surface area contributed by atoms with Crippen LogP contribution in [0.2, 0.25) is 0 Å². The predicted octanol–water partition coefficient (Wildman–Crippen LogP) is 1.74. The quantitative estimate of drug-likeness (QED) is 0.789. The zero-order chi connectivity index (χ0) is 13.9. The standard InChI is InChI=1S/C15H22FN3O/c1-10-11(9-18-19-10)8-17-14-3-2-6-20-15-5-4-12(16)7-13(14)15/h4-5,7,10-11,14,17-19H,2-3,6,8-9H2,1H3. The first-order chi connectivity index (χ1) is 9.74. The lowest BCUT2D eigenvalue weighted by Gasteiger charge is -2.22. The second-order valence-corrected chi connectivity index (χ2v) is 5.71.